The van der Waals surface area contributed by atoms with Crippen molar-refractivity contribution in [2.24, 2.45) is 5.41 Å². The molecular weight excluding hydrogens is 304 g/mol. The molecule has 0 spiro atoms. The van der Waals surface area contributed by atoms with Crippen molar-refractivity contribution in [1.29, 1.82) is 0 Å². The molecule has 0 saturated carbocycles. The Bertz CT molecular complexity index is 639. The Balaban J connectivity index is 1.64. The van der Waals surface area contributed by atoms with E-state index >= 15 is 0 Å². The van der Waals surface area contributed by atoms with Crippen LogP contribution in [0.25, 0.3) is 0 Å². The average Bonchev–Trinajstić information content (AvgIpc) is 2.83. The van der Waals surface area contributed by atoms with Crippen LogP contribution in [0.2, 0.25) is 0 Å². The van der Waals surface area contributed by atoms with Crippen molar-refractivity contribution in [3.8, 4) is 0 Å². The van der Waals surface area contributed by atoms with Gasteiger partial charge in [-0.2, -0.15) is 0 Å². The Morgan fingerprint density at radius 3 is 2.62 bits per heavy atom. The van der Waals surface area contributed by atoms with Crippen LogP contribution in [0.15, 0.2) is 4.42 Å². The molecular formula is C19H28N2O3. The molecule has 1 saturated heterocycles. The van der Waals surface area contributed by atoms with E-state index in [2.05, 4.69) is 24.1 Å². The van der Waals surface area contributed by atoms with E-state index in [9.17, 15) is 9.59 Å². The van der Waals surface area contributed by atoms with Crippen molar-refractivity contribution in [2.75, 3.05) is 26.2 Å². The minimum atomic E-state index is -0.204. The number of fused-ring (bicyclic) bond motifs is 1. The van der Waals surface area contributed by atoms with Crippen LogP contribution in [-0.2, 0) is 6.42 Å². The second-order valence-corrected chi connectivity index (χ2v) is 7.95. The Kier molecular flexibility index (Phi) is 4.81. The summed E-state index contributed by atoms with van der Waals surface area (Å²) in [6, 6.07) is 0. The van der Waals surface area contributed by atoms with Gasteiger partial charge in [0.1, 0.15) is 5.76 Å². The second-order valence-electron chi connectivity index (χ2n) is 7.95. The van der Waals surface area contributed by atoms with Crippen LogP contribution in [0.4, 0.5) is 0 Å². The van der Waals surface area contributed by atoms with Gasteiger partial charge < -0.3 is 14.6 Å². The number of furan rings is 1. The van der Waals surface area contributed by atoms with Crippen molar-refractivity contribution in [3.63, 3.8) is 0 Å². The molecule has 0 radical (unpaired) electrons. The van der Waals surface area contributed by atoms with Gasteiger partial charge in [-0.1, -0.05) is 20.3 Å². The van der Waals surface area contributed by atoms with Gasteiger partial charge in [0.25, 0.3) is 5.91 Å². The molecule has 0 atom stereocenters. The fraction of sp³-hybridized carbons (Fsp3) is 0.684. The Morgan fingerprint density at radius 1 is 1.21 bits per heavy atom. The third kappa shape index (κ3) is 3.56. The van der Waals surface area contributed by atoms with Gasteiger partial charge in [-0.05, 0) is 38.3 Å². The SMILES string of the molecule is Cc1c(C(=O)NCCN2CCCCC2)oc2c1C(=O)CC(C)(C)C2. The van der Waals surface area contributed by atoms with Crippen molar-refractivity contribution in [3.05, 3.63) is 22.6 Å². The molecule has 1 aromatic rings. The van der Waals surface area contributed by atoms with Gasteiger partial charge in [-0.15, -0.1) is 0 Å². The smallest absolute Gasteiger partial charge is 0.287 e. The highest BCUT2D eigenvalue weighted by molar-refractivity contribution is 6.03. The van der Waals surface area contributed by atoms with Crippen LogP contribution in [0, 0.1) is 12.3 Å². The third-order valence-corrected chi connectivity index (χ3v) is 5.15. The van der Waals surface area contributed by atoms with Gasteiger partial charge in [-0.25, -0.2) is 0 Å². The van der Waals surface area contributed by atoms with E-state index in [-0.39, 0.29) is 17.1 Å². The lowest BCUT2D eigenvalue weighted by atomic mass is 9.76. The first-order valence-electron chi connectivity index (χ1n) is 9.03. The van der Waals surface area contributed by atoms with Crippen LogP contribution in [0.5, 0.6) is 0 Å². The van der Waals surface area contributed by atoms with Crippen LogP contribution in [0.3, 0.4) is 0 Å². The third-order valence-electron chi connectivity index (χ3n) is 5.15. The predicted octanol–water partition coefficient (Wildman–Crippen LogP) is 2.96. The molecule has 5 nitrogen and oxygen atoms in total. The fourth-order valence-corrected chi connectivity index (χ4v) is 3.89. The second kappa shape index (κ2) is 6.71. The Hall–Kier alpha value is -1.62. The minimum Gasteiger partial charge on any atom is -0.455 e. The van der Waals surface area contributed by atoms with Crippen LogP contribution < -0.4 is 5.32 Å². The molecule has 132 valence electrons. The molecule has 5 heteroatoms. The highest BCUT2D eigenvalue weighted by Crippen LogP contribution is 2.38. The standard InChI is InChI=1S/C19H28N2O3/c1-13-16-14(22)11-19(2,3)12-15(16)24-17(13)18(23)20-7-10-21-8-5-4-6-9-21/h4-12H2,1-3H3,(H,20,23). The van der Waals surface area contributed by atoms with Crippen LogP contribution in [0.1, 0.15) is 71.8 Å². The average molecular weight is 332 g/mol. The first kappa shape index (κ1) is 17.2. The normalized spacial score (nSPS) is 20.7. The molecule has 0 aromatic carbocycles. The lowest BCUT2D eigenvalue weighted by molar-refractivity contribution is 0.0886. The van der Waals surface area contributed by atoms with E-state index < -0.39 is 0 Å². The molecule has 1 fully saturated rings. The zero-order valence-electron chi connectivity index (χ0n) is 15.0. The van der Waals surface area contributed by atoms with Crippen LogP contribution in [-0.4, -0.2) is 42.8 Å². The topological polar surface area (TPSA) is 62.6 Å². The Morgan fingerprint density at radius 2 is 1.92 bits per heavy atom. The van der Waals surface area contributed by atoms with E-state index in [0.29, 0.717) is 42.0 Å². The number of piperidine rings is 1. The summed E-state index contributed by atoms with van der Waals surface area (Å²) in [5, 5.41) is 2.95. The minimum absolute atomic E-state index is 0.0925. The summed E-state index contributed by atoms with van der Waals surface area (Å²) in [4.78, 5) is 27.2. The molecule has 1 N–H and O–H groups in total. The maximum absolute atomic E-state index is 12.5. The van der Waals surface area contributed by atoms with Crippen molar-refractivity contribution >= 4 is 11.7 Å². The summed E-state index contributed by atoms with van der Waals surface area (Å²) in [5.41, 5.74) is 1.23. The van der Waals surface area contributed by atoms with Crippen LogP contribution >= 0.6 is 0 Å². The monoisotopic (exact) mass is 332 g/mol. The van der Waals surface area contributed by atoms with E-state index in [1.807, 2.05) is 6.92 Å². The molecule has 0 bridgehead atoms. The zero-order chi connectivity index (χ0) is 17.3. The van der Waals surface area contributed by atoms with E-state index in [0.717, 1.165) is 19.6 Å². The summed E-state index contributed by atoms with van der Waals surface area (Å²) >= 11 is 0. The first-order chi connectivity index (χ1) is 11.4. The quantitative estimate of drug-likeness (QED) is 0.921. The number of nitrogens with zero attached hydrogens (tertiary/aromatic N) is 1. The van der Waals surface area contributed by atoms with Crippen molar-refractivity contribution < 1.29 is 14.0 Å². The largest absolute Gasteiger partial charge is 0.455 e. The lowest BCUT2D eigenvalue weighted by Crippen LogP contribution is -2.37. The molecule has 1 aliphatic heterocycles. The van der Waals surface area contributed by atoms with Gasteiger partial charge in [0.05, 0.1) is 5.56 Å². The highest BCUT2D eigenvalue weighted by atomic mass is 16.4. The molecule has 1 amide bonds. The van der Waals surface area contributed by atoms with Gasteiger partial charge >= 0.3 is 0 Å². The van der Waals surface area contributed by atoms with Gasteiger partial charge in [-0.3, -0.25) is 9.59 Å². The number of carbonyl (C=O) groups is 2. The fourth-order valence-electron chi connectivity index (χ4n) is 3.89. The summed E-state index contributed by atoms with van der Waals surface area (Å²) in [5.74, 6) is 0.874. The molecule has 24 heavy (non-hydrogen) atoms. The lowest BCUT2D eigenvalue weighted by Gasteiger charge is -2.27. The number of rotatable bonds is 4. The number of hydrogen-bond donors (Lipinski definition) is 1. The van der Waals surface area contributed by atoms with Gasteiger partial charge in [0.2, 0.25) is 0 Å². The predicted molar refractivity (Wildman–Crippen MR) is 92.5 cm³/mol. The first-order valence-corrected chi connectivity index (χ1v) is 9.03. The summed E-state index contributed by atoms with van der Waals surface area (Å²) < 4.78 is 5.80. The number of likely N-dealkylation sites (tertiary alicyclic amines) is 1. The summed E-state index contributed by atoms with van der Waals surface area (Å²) in [6.07, 6.45) is 5.02. The van der Waals surface area contributed by atoms with E-state index in [1.54, 1.807) is 0 Å². The maximum Gasteiger partial charge on any atom is 0.287 e. The summed E-state index contributed by atoms with van der Waals surface area (Å²) in [7, 11) is 0. The molecule has 1 aliphatic carbocycles. The van der Waals surface area contributed by atoms with Crippen molar-refractivity contribution in [1.82, 2.24) is 10.2 Å². The summed E-state index contributed by atoms with van der Waals surface area (Å²) in [6.45, 7) is 9.66. The molecule has 1 aromatic heterocycles. The number of carbonyl (C=O) groups excluding carboxylic acids is 2. The van der Waals surface area contributed by atoms with E-state index in [4.69, 9.17) is 4.42 Å². The van der Waals surface area contributed by atoms with Gasteiger partial charge in [0, 0.05) is 31.5 Å². The highest BCUT2D eigenvalue weighted by Gasteiger charge is 2.36. The number of ketones is 1. The molecule has 2 aliphatic rings. The molecule has 2 heterocycles. The van der Waals surface area contributed by atoms with Gasteiger partial charge in [0.15, 0.2) is 11.5 Å². The molecule has 0 unspecified atom stereocenters. The Labute approximate surface area is 143 Å². The number of amides is 1. The number of hydrogen-bond acceptors (Lipinski definition) is 4. The number of Topliss-reactive ketones (excluding diaryl/α,β-unsaturated/α-hetero) is 1. The van der Waals surface area contributed by atoms with Crippen molar-refractivity contribution in [2.45, 2.75) is 52.9 Å². The van der Waals surface area contributed by atoms with E-state index in [1.165, 1.54) is 19.3 Å². The molecule has 3 rings (SSSR count). The zero-order valence-corrected chi connectivity index (χ0v) is 15.0. The number of nitrogens with one attached hydrogen (secondary N) is 1. The maximum atomic E-state index is 12.5.